The molecule has 0 saturated heterocycles. The number of hydrogen-bond acceptors (Lipinski definition) is 0. The minimum Gasteiger partial charge on any atom is -0.0616 e. The Morgan fingerprint density at radius 2 is 1.22 bits per heavy atom. The van der Waals surface area contributed by atoms with E-state index in [1.165, 1.54) is 43.4 Å². The molecule has 23 heavy (non-hydrogen) atoms. The van der Waals surface area contributed by atoms with E-state index in [1.807, 2.05) is 0 Å². The van der Waals surface area contributed by atoms with Crippen LogP contribution in [0.4, 0.5) is 0 Å². The van der Waals surface area contributed by atoms with E-state index in [2.05, 4.69) is 88.4 Å². The van der Waals surface area contributed by atoms with Crippen LogP contribution in [0.3, 0.4) is 0 Å². The molecule has 0 saturated carbocycles. The third-order valence-corrected chi connectivity index (χ3v) is 4.92. The molecule has 0 radical (unpaired) electrons. The second-order valence-corrected chi connectivity index (χ2v) is 7.50. The summed E-state index contributed by atoms with van der Waals surface area (Å²) in [4.78, 5) is 0. The van der Waals surface area contributed by atoms with Crippen LogP contribution in [-0.4, -0.2) is 0 Å². The van der Waals surface area contributed by atoms with Gasteiger partial charge in [0.2, 0.25) is 0 Å². The zero-order valence-corrected chi connectivity index (χ0v) is 14.3. The van der Waals surface area contributed by atoms with Gasteiger partial charge in [0.25, 0.3) is 0 Å². The summed E-state index contributed by atoms with van der Waals surface area (Å²) < 4.78 is 0. The number of aryl methyl sites for hydroxylation is 1. The quantitative estimate of drug-likeness (QED) is 0.315. The van der Waals surface area contributed by atoms with Crippen molar-refractivity contribution in [3.63, 3.8) is 0 Å². The highest BCUT2D eigenvalue weighted by molar-refractivity contribution is 6.19. The lowest BCUT2D eigenvalue weighted by molar-refractivity contribution is 0.593. The molecule has 0 N–H and O–H groups in total. The highest BCUT2D eigenvalue weighted by atomic mass is 14.3. The standard InChI is InChI=1S/C23H22/c1-15-21-17-10-6-5-9-16(17)13-14-19(21)18-11-7-8-12-20(18)22(15)23(2,3)4/h5-14H,1-4H3. The maximum Gasteiger partial charge on any atom is -0.00667 e. The van der Waals surface area contributed by atoms with Crippen molar-refractivity contribution in [1.82, 2.24) is 0 Å². The maximum atomic E-state index is 2.32. The molecule has 0 unspecified atom stereocenters. The first-order valence-corrected chi connectivity index (χ1v) is 8.32. The Bertz CT molecular complexity index is 1050. The van der Waals surface area contributed by atoms with Gasteiger partial charge in [-0.15, -0.1) is 0 Å². The fraction of sp³-hybridized carbons (Fsp3) is 0.217. The summed E-state index contributed by atoms with van der Waals surface area (Å²) in [5.74, 6) is 0. The molecule has 0 heteroatoms. The molecule has 0 aliphatic rings. The molecule has 114 valence electrons. The molecule has 0 aromatic heterocycles. The third-order valence-electron chi connectivity index (χ3n) is 4.92. The Kier molecular flexibility index (Phi) is 2.99. The molecular weight excluding hydrogens is 276 g/mol. The maximum absolute atomic E-state index is 2.32. The number of rotatable bonds is 0. The smallest absolute Gasteiger partial charge is 0.00667 e. The first-order chi connectivity index (χ1) is 11.0. The van der Waals surface area contributed by atoms with Gasteiger partial charge in [-0.05, 0) is 55.8 Å². The molecule has 4 aromatic rings. The van der Waals surface area contributed by atoms with Crippen LogP contribution in [0.25, 0.3) is 32.3 Å². The van der Waals surface area contributed by atoms with Crippen molar-refractivity contribution in [2.45, 2.75) is 33.1 Å². The normalized spacial score (nSPS) is 12.3. The molecule has 0 nitrogen and oxygen atoms in total. The molecule has 0 aliphatic heterocycles. The Balaban J connectivity index is 2.37. The van der Waals surface area contributed by atoms with E-state index in [4.69, 9.17) is 0 Å². The van der Waals surface area contributed by atoms with Gasteiger partial charge in [0.1, 0.15) is 0 Å². The highest BCUT2D eigenvalue weighted by Crippen LogP contribution is 2.41. The van der Waals surface area contributed by atoms with Gasteiger partial charge in [0.15, 0.2) is 0 Å². The van der Waals surface area contributed by atoms with Crippen LogP contribution in [0.2, 0.25) is 0 Å². The highest BCUT2D eigenvalue weighted by Gasteiger charge is 2.22. The predicted octanol–water partition coefficient (Wildman–Crippen LogP) is 6.75. The zero-order valence-electron chi connectivity index (χ0n) is 14.3. The Morgan fingerprint density at radius 1 is 0.609 bits per heavy atom. The second kappa shape index (κ2) is 4.83. The second-order valence-electron chi connectivity index (χ2n) is 7.50. The number of benzene rings is 4. The van der Waals surface area contributed by atoms with Crippen LogP contribution in [0.15, 0.2) is 60.7 Å². The van der Waals surface area contributed by atoms with Crippen LogP contribution >= 0.6 is 0 Å². The molecule has 0 spiro atoms. The monoisotopic (exact) mass is 298 g/mol. The summed E-state index contributed by atoms with van der Waals surface area (Å²) in [6.07, 6.45) is 0. The zero-order chi connectivity index (χ0) is 16.2. The first-order valence-electron chi connectivity index (χ1n) is 8.32. The minimum atomic E-state index is 0.120. The van der Waals surface area contributed by atoms with Gasteiger partial charge in [0, 0.05) is 0 Å². The van der Waals surface area contributed by atoms with E-state index < -0.39 is 0 Å². The SMILES string of the molecule is Cc1c(C(C)(C)C)c2ccccc2c2ccc3ccccc3c12. The summed E-state index contributed by atoms with van der Waals surface area (Å²) in [7, 11) is 0. The fourth-order valence-electron chi connectivity index (χ4n) is 4.13. The van der Waals surface area contributed by atoms with Crippen LogP contribution in [0, 0.1) is 6.92 Å². The molecule has 4 rings (SSSR count). The van der Waals surface area contributed by atoms with E-state index in [0.29, 0.717) is 0 Å². The summed E-state index contributed by atoms with van der Waals surface area (Å²) in [5, 5.41) is 8.21. The molecule has 0 amide bonds. The van der Waals surface area contributed by atoms with Crippen LogP contribution < -0.4 is 0 Å². The summed E-state index contributed by atoms with van der Waals surface area (Å²) in [6.45, 7) is 9.25. The Hall–Kier alpha value is -2.34. The van der Waals surface area contributed by atoms with Crippen molar-refractivity contribution in [3.8, 4) is 0 Å². The molecule has 0 fully saturated rings. The van der Waals surface area contributed by atoms with Gasteiger partial charge < -0.3 is 0 Å². The summed E-state index contributed by atoms with van der Waals surface area (Å²) in [5.41, 5.74) is 3.01. The molecule has 0 heterocycles. The lowest BCUT2D eigenvalue weighted by Gasteiger charge is -2.26. The van der Waals surface area contributed by atoms with Crippen molar-refractivity contribution in [3.05, 3.63) is 71.8 Å². The molecule has 0 aliphatic carbocycles. The summed E-state index contributed by atoms with van der Waals surface area (Å²) >= 11 is 0. The van der Waals surface area contributed by atoms with Crippen LogP contribution in [0.5, 0.6) is 0 Å². The first kappa shape index (κ1) is 14.3. The molecule has 0 bridgehead atoms. The Labute approximate surface area is 137 Å². The average molecular weight is 298 g/mol. The van der Waals surface area contributed by atoms with Gasteiger partial charge >= 0.3 is 0 Å². The fourth-order valence-corrected chi connectivity index (χ4v) is 4.13. The van der Waals surface area contributed by atoms with E-state index in [1.54, 1.807) is 0 Å². The van der Waals surface area contributed by atoms with Gasteiger partial charge in [0.05, 0.1) is 0 Å². The van der Waals surface area contributed by atoms with Crippen molar-refractivity contribution >= 4 is 32.3 Å². The van der Waals surface area contributed by atoms with Crippen molar-refractivity contribution in [2.75, 3.05) is 0 Å². The lowest BCUT2D eigenvalue weighted by atomic mass is 9.78. The lowest BCUT2D eigenvalue weighted by Crippen LogP contribution is -2.14. The molecule has 4 aromatic carbocycles. The van der Waals surface area contributed by atoms with Crippen molar-refractivity contribution < 1.29 is 0 Å². The van der Waals surface area contributed by atoms with E-state index >= 15 is 0 Å². The van der Waals surface area contributed by atoms with Crippen molar-refractivity contribution in [1.29, 1.82) is 0 Å². The topological polar surface area (TPSA) is 0 Å². The van der Waals surface area contributed by atoms with E-state index in [-0.39, 0.29) is 5.41 Å². The van der Waals surface area contributed by atoms with E-state index in [9.17, 15) is 0 Å². The Morgan fingerprint density at radius 3 is 1.91 bits per heavy atom. The largest absolute Gasteiger partial charge is 0.0616 e. The van der Waals surface area contributed by atoms with Gasteiger partial charge in [-0.2, -0.15) is 0 Å². The van der Waals surface area contributed by atoms with Gasteiger partial charge in [-0.3, -0.25) is 0 Å². The number of hydrogen-bond donors (Lipinski definition) is 0. The summed E-state index contributed by atoms with van der Waals surface area (Å²) in [6, 6.07) is 22.1. The van der Waals surface area contributed by atoms with Gasteiger partial charge in [-0.25, -0.2) is 0 Å². The predicted molar refractivity (Wildman–Crippen MR) is 102 cm³/mol. The average Bonchev–Trinajstić information content (AvgIpc) is 2.53. The van der Waals surface area contributed by atoms with E-state index in [0.717, 1.165) is 0 Å². The van der Waals surface area contributed by atoms with Crippen molar-refractivity contribution in [2.24, 2.45) is 0 Å². The van der Waals surface area contributed by atoms with Crippen LogP contribution in [-0.2, 0) is 5.41 Å². The third kappa shape index (κ3) is 2.05. The molecule has 0 atom stereocenters. The molecular formula is C23H22. The van der Waals surface area contributed by atoms with Gasteiger partial charge in [-0.1, -0.05) is 81.4 Å². The van der Waals surface area contributed by atoms with Crippen LogP contribution in [0.1, 0.15) is 31.9 Å². The minimum absolute atomic E-state index is 0.120. The number of fused-ring (bicyclic) bond motifs is 5.